The van der Waals surface area contributed by atoms with Crippen LogP contribution in [0.3, 0.4) is 0 Å². The van der Waals surface area contributed by atoms with E-state index in [4.69, 9.17) is 0 Å². The van der Waals surface area contributed by atoms with Crippen molar-refractivity contribution in [3.63, 3.8) is 0 Å². The van der Waals surface area contributed by atoms with Gasteiger partial charge in [0.25, 0.3) is 17.3 Å². The van der Waals surface area contributed by atoms with Crippen LogP contribution in [0.4, 0.5) is 11.4 Å². The van der Waals surface area contributed by atoms with Gasteiger partial charge in [-0.15, -0.1) is 0 Å². The van der Waals surface area contributed by atoms with E-state index in [1.54, 1.807) is 0 Å². The molecule has 0 radical (unpaired) electrons. The second-order valence-corrected chi connectivity index (χ2v) is 5.98. The highest BCUT2D eigenvalue weighted by molar-refractivity contribution is 5.97. The van der Waals surface area contributed by atoms with E-state index in [1.807, 2.05) is 41.1 Å². The monoisotopic (exact) mass is 368 g/mol. The molecule has 0 fully saturated rings. The molecule has 0 unspecified atom stereocenters. The Kier molecular flexibility index (Phi) is 4.84. The number of nitrogens with zero attached hydrogens (tertiary/aromatic N) is 3. The van der Waals surface area contributed by atoms with Crippen molar-refractivity contribution < 1.29 is 14.6 Å². The molecule has 0 aliphatic heterocycles. The number of aromatic nitrogens is 1. The number of hydrogen-bond acceptors (Lipinski definition) is 5. The van der Waals surface area contributed by atoms with Gasteiger partial charge >= 0.3 is 0 Å². The topological polar surface area (TPSA) is 120 Å². The van der Waals surface area contributed by atoms with Crippen LogP contribution in [0.5, 0.6) is 0 Å². The number of fused-ring (bicyclic) bond motifs is 1. The molecule has 0 aliphatic rings. The molecule has 0 atom stereocenters. The Balaban J connectivity index is 1.77. The van der Waals surface area contributed by atoms with E-state index in [9.17, 15) is 25.0 Å². The Hall–Kier alpha value is -3.75. The van der Waals surface area contributed by atoms with Crippen LogP contribution in [-0.4, -0.2) is 26.9 Å². The van der Waals surface area contributed by atoms with Gasteiger partial charge in [-0.05, 0) is 24.4 Å². The Bertz CT molecular complexity index is 1060. The zero-order valence-electron chi connectivity index (χ0n) is 14.4. The lowest BCUT2D eigenvalue weighted by Gasteiger charge is -2.10. The van der Waals surface area contributed by atoms with Gasteiger partial charge in [0.15, 0.2) is 0 Å². The first kappa shape index (κ1) is 18.1. The summed E-state index contributed by atoms with van der Waals surface area (Å²) in [6.45, 7) is 2.17. The van der Waals surface area contributed by atoms with E-state index in [2.05, 4.69) is 5.32 Å². The number of non-ortho nitro benzene ring substituents is 1. The van der Waals surface area contributed by atoms with Gasteiger partial charge in [0.1, 0.15) is 0 Å². The van der Waals surface area contributed by atoms with E-state index in [-0.39, 0.29) is 17.7 Å². The Morgan fingerprint density at radius 2 is 1.85 bits per heavy atom. The highest BCUT2D eigenvalue weighted by atomic mass is 16.6. The average molecular weight is 368 g/mol. The molecular weight excluding hydrogens is 352 g/mol. The minimum atomic E-state index is -0.755. The van der Waals surface area contributed by atoms with Crippen molar-refractivity contribution in [3.05, 3.63) is 80.0 Å². The van der Waals surface area contributed by atoms with Crippen molar-refractivity contribution in [2.24, 2.45) is 0 Å². The lowest BCUT2D eigenvalue weighted by atomic mass is 10.0. The fourth-order valence-corrected chi connectivity index (χ4v) is 2.94. The Morgan fingerprint density at radius 1 is 1.11 bits per heavy atom. The Labute approximate surface area is 153 Å². The summed E-state index contributed by atoms with van der Waals surface area (Å²) >= 11 is 0. The maximum atomic E-state index is 12.4. The normalized spacial score (nSPS) is 10.7. The lowest BCUT2D eigenvalue weighted by molar-refractivity contribution is -0.394. The minimum absolute atomic E-state index is 0.0757. The zero-order valence-corrected chi connectivity index (χ0v) is 14.4. The van der Waals surface area contributed by atoms with E-state index >= 15 is 0 Å². The van der Waals surface area contributed by atoms with Crippen molar-refractivity contribution in [1.82, 2.24) is 9.88 Å². The van der Waals surface area contributed by atoms with Gasteiger partial charge in [0, 0.05) is 36.4 Å². The number of rotatable bonds is 6. The number of carbonyl (C=O) groups is 1. The van der Waals surface area contributed by atoms with Gasteiger partial charge in [-0.1, -0.05) is 18.2 Å². The van der Waals surface area contributed by atoms with Gasteiger partial charge in [-0.25, -0.2) is 0 Å². The maximum Gasteiger partial charge on any atom is 0.279 e. The molecule has 0 saturated heterocycles. The number of para-hydroxylation sites is 1. The number of nitro groups is 2. The molecule has 0 saturated carbocycles. The first-order valence-electron chi connectivity index (χ1n) is 8.14. The maximum absolute atomic E-state index is 12.4. The smallest absolute Gasteiger partial charge is 0.279 e. The second kappa shape index (κ2) is 7.24. The summed E-state index contributed by atoms with van der Waals surface area (Å²) in [7, 11) is 0. The van der Waals surface area contributed by atoms with Crippen LogP contribution < -0.4 is 5.32 Å². The molecule has 27 heavy (non-hydrogen) atoms. The number of hydrogen-bond donors (Lipinski definition) is 1. The van der Waals surface area contributed by atoms with Gasteiger partial charge in [0.2, 0.25) is 0 Å². The largest absolute Gasteiger partial charge is 0.350 e. The summed E-state index contributed by atoms with van der Waals surface area (Å²) in [6.07, 6.45) is 1.90. The van der Waals surface area contributed by atoms with Crippen molar-refractivity contribution in [1.29, 1.82) is 0 Å². The molecule has 0 spiro atoms. The molecule has 1 amide bonds. The predicted octanol–water partition coefficient (Wildman–Crippen LogP) is 3.20. The first-order chi connectivity index (χ1) is 12.9. The highest BCUT2D eigenvalue weighted by Gasteiger charge is 2.24. The summed E-state index contributed by atoms with van der Waals surface area (Å²) in [4.78, 5) is 33.1. The third kappa shape index (κ3) is 3.61. The quantitative estimate of drug-likeness (QED) is 0.529. The average Bonchev–Trinajstić information content (AvgIpc) is 3.04. The van der Waals surface area contributed by atoms with Crippen LogP contribution in [0.15, 0.2) is 48.7 Å². The molecule has 9 heteroatoms. The van der Waals surface area contributed by atoms with Crippen LogP contribution in [0.1, 0.15) is 15.9 Å². The van der Waals surface area contributed by atoms with Gasteiger partial charge in [-0.2, -0.15) is 0 Å². The molecular formula is C18H16N4O5. The van der Waals surface area contributed by atoms with Gasteiger partial charge in [-0.3, -0.25) is 25.0 Å². The predicted molar refractivity (Wildman–Crippen MR) is 98.8 cm³/mol. The Morgan fingerprint density at radius 3 is 2.56 bits per heavy atom. The summed E-state index contributed by atoms with van der Waals surface area (Å²) in [5, 5.41) is 25.9. The number of nitrogens with one attached hydrogen (secondary N) is 1. The molecule has 2 aromatic carbocycles. The number of amides is 1. The van der Waals surface area contributed by atoms with Crippen molar-refractivity contribution in [2.75, 3.05) is 6.54 Å². The fourth-order valence-electron chi connectivity index (χ4n) is 2.94. The van der Waals surface area contributed by atoms with E-state index in [1.165, 1.54) is 6.92 Å². The van der Waals surface area contributed by atoms with Crippen LogP contribution in [0, 0.1) is 27.2 Å². The van der Waals surface area contributed by atoms with E-state index in [0.717, 1.165) is 23.0 Å². The molecule has 9 nitrogen and oxygen atoms in total. The lowest BCUT2D eigenvalue weighted by Crippen LogP contribution is -2.28. The molecule has 3 aromatic rings. The molecule has 0 bridgehead atoms. The minimum Gasteiger partial charge on any atom is -0.350 e. The third-order valence-electron chi connectivity index (χ3n) is 4.34. The number of carbonyl (C=O) groups excluding carboxylic acids is 1. The second-order valence-electron chi connectivity index (χ2n) is 5.98. The highest BCUT2D eigenvalue weighted by Crippen LogP contribution is 2.28. The zero-order chi connectivity index (χ0) is 19.6. The third-order valence-corrected chi connectivity index (χ3v) is 4.34. The molecule has 138 valence electrons. The summed E-state index contributed by atoms with van der Waals surface area (Å²) in [6, 6.07) is 11.7. The molecule has 1 N–H and O–H groups in total. The SMILES string of the molecule is Cc1c(C(=O)NCCn2ccc3ccccc32)cc([N+](=O)[O-])cc1[N+](=O)[O-]. The van der Waals surface area contributed by atoms with Gasteiger partial charge < -0.3 is 9.88 Å². The summed E-state index contributed by atoms with van der Waals surface area (Å²) in [5.41, 5.74) is 0.0938. The van der Waals surface area contributed by atoms with Crippen molar-refractivity contribution >= 4 is 28.2 Å². The molecule has 1 heterocycles. The van der Waals surface area contributed by atoms with E-state index in [0.29, 0.717) is 6.54 Å². The standard InChI is InChI=1S/C18H16N4O5/c1-12-15(10-14(21(24)25)11-17(12)22(26)27)18(23)19-7-9-20-8-6-13-4-2-3-5-16(13)20/h2-6,8,10-11H,7,9H2,1H3,(H,19,23). The summed E-state index contributed by atoms with van der Waals surface area (Å²) < 4.78 is 1.97. The fraction of sp³-hybridized carbons (Fsp3) is 0.167. The number of nitro benzene ring substituents is 2. The molecule has 3 rings (SSSR count). The molecule has 0 aliphatic carbocycles. The van der Waals surface area contributed by atoms with Crippen molar-refractivity contribution in [2.45, 2.75) is 13.5 Å². The van der Waals surface area contributed by atoms with E-state index < -0.39 is 27.1 Å². The van der Waals surface area contributed by atoms with Crippen LogP contribution in [-0.2, 0) is 6.54 Å². The molecule has 1 aromatic heterocycles. The van der Waals surface area contributed by atoms with Crippen LogP contribution in [0.2, 0.25) is 0 Å². The van der Waals surface area contributed by atoms with Crippen molar-refractivity contribution in [3.8, 4) is 0 Å². The van der Waals surface area contributed by atoms with Crippen LogP contribution >= 0.6 is 0 Å². The first-order valence-corrected chi connectivity index (χ1v) is 8.14. The van der Waals surface area contributed by atoms with Gasteiger partial charge in [0.05, 0.1) is 21.5 Å². The summed E-state index contributed by atoms with van der Waals surface area (Å²) in [5.74, 6) is -0.587. The van der Waals surface area contributed by atoms with Crippen LogP contribution in [0.25, 0.3) is 10.9 Å². The number of benzene rings is 2.